The Labute approximate surface area is 132 Å². The Bertz CT molecular complexity index is 511. The van der Waals surface area contributed by atoms with Crippen LogP contribution in [0.25, 0.3) is 0 Å². The number of nitrogens with one attached hydrogen (secondary N) is 1. The first-order valence-electron chi connectivity index (χ1n) is 7.69. The molecule has 1 unspecified atom stereocenters. The monoisotopic (exact) mass is 306 g/mol. The molecule has 1 aromatic heterocycles. The van der Waals surface area contributed by atoms with Gasteiger partial charge in [0, 0.05) is 6.54 Å². The van der Waals surface area contributed by atoms with Crippen molar-refractivity contribution in [3.63, 3.8) is 0 Å². The smallest absolute Gasteiger partial charge is 0.261 e. The summed E-state index contributed by atoms with van der Waals surface area (Å²) in [4.78, 5) is 13.9. The van der Waals surface area contributed by atoms with Gasteiger partial charge in [0.2, 0.25) is 0 Å². The molecule has 0 radical (unpaired) electrons. The second-order valence-corrected chi connectivity index (χ2v) is 6.31. The lowest BCUT2D eigenvalue weighted by Crippen LogP contribution is -2.28. The zero-order chi connectivity index (χ0) is 15.7. The molecule has 1 atom stereocenters. The normalized spacial score (nSPS) is 11.6. The second-order valence-electron chi connectivity index (χ2n) is 5.26. The Kier molecular flexibility index (Phi) is 8.11. The van der Waals surface area contributed by atoms with Gasteiger partial charge in [0.15, 0.2) is 0 Å². The summed E-state index contributed by atoms with van der Waals surface area (Å²) in [6.07, 6.45) is 4.73. The minimum absolute atomic E-state index is 0.0128. The van der Waals surface area contributed by atoms with Crippen molar-refractivity contribution >= 4 is 17.2 Å². The molecular weight excluding hydrogens is 280 g/mol. The van der Waals surface area contributed by atoms with E-state index in [0.717, 1.165) is 28.3 Å². The fourth-order valence-corrected chi connectivity index (χ4v) is 3.08. The molecule has 0 aliphatic heterocycles. The van der Waals surface area contributed by atoms with Crippen molar-refractivity contribution in [1.29, 1.82) is 0 Å². The van der Waals surface area contributed by atoms with E-state index in [1.807, 2.05) is 13.0 Å². The van der Waals surface area contributed by atoms with Gasteiger partial charge in [-0.15, -0.1) is 11.3 Å². The average molecular weight is 306 g/mol. The molecule has 1 rings (SSSR count). The molecular formula is C17H26N2OS. The molecule has 1 amide bonds. The third kappa shape index (κ3) is 5.91. The van der Waals surface area contributed by atoms with Crippen molar-refractivity contribution in [2.24, 2.45) is 11.7 Å². The molecule has 0 fully saturated rings. The van der Waals surface area contributed by atoms with E-state index in [4.69, 9.17) is 5.73 Å². The highest BCUT2D eigenvalue weighted by atomic mass is 32.1. The fraction of sp³-hybridized carbons (Fsp3) is 0.588. The minimum atomic E-state index is 0.0128. The number of aryl methyl sites for hydroxylation is 1. The number of hydrogen-bond donors (Lipinski definition) is 2. The molecule has 3 nitrogen and oxygen atoms in total. The summed E-state index contributed by atoms with van der Waals surface area (Å²) < 4.78 is 0. The van der Waals surface area contributed by atoms with Crippen LogP contribution in [0.5, 0.6) is 0 Å². The molecule has 0 aliphatic rings. The quantitative estimate of drug-likeness (QED) is 0.759. The zero-order valence-electron chi connectivity index (χ0n) is 13.3. The maximum atomic E-state index is 12.2. The highest BCUT2D eigenvalue weighted by Crippen LogP contribution is 2.21. The van der Waals surface area contributed by atoms with E-state index in [1.54, 1.807) is 0 Å². The number of nitrogens with two attached hydrogens (primary N) is 1. The molecule has 0 saturated heterocycles. The summed E-state index contributed by atoms with van der Waals surface area (Å²) in [6.45, 7) is 7.46. The number of thiophene rings is 1. The largest absolute Gasteiger partial charge is 0.351 e. The van der Waals surface area contributed by atoms with Crippen LogP contribution < -0.4 is 11.1 Å². The predicted octanol–water partition coefficient (Wildman–Crippen LogP) is 3.31. The fourth-order valence-electron chi connectivity index (χ4n) is 2.12. The molecule has 0 spiro atoms. The summed E-state index contributed by atoms with van der Waals surface area (Å²) in [5.41, 5.74) is 6.43. The molecule has 1 heterocycles. The van der Waals surface area contributed by atoms with Gasteiger partial charge in [-0.3, -0.25) is 4.79 Å². The minimum Gasteiger partial charge on any atom is -0.351 e. The van der Waals surface area contributed by atoms with E-state index in [-0.39, 0.29) is 5.91 Å². The van der Waals surface area contributed by atoms with Gasteiger partial charge in [-0.25, -0.2) is 0 Å². The van der Waals surface area contributed by atoms with E-state index in [0.29, 0.717) is 12.5 Å². The number of rotatable bonds is 7. The Balaban J connectivity index is 2.59. The molecule has 4 heteroatoms. The summed E-state index contributed by atoms with van der Waals surface area (Å²) in [5, 5.41) is 3.05. The van der Waals surface area contributed by atoms with Gasteiger partial charge in [-0.05, 0) is 30.9 Å². The van der Waals surface area contributed by atoms with Crippen LogP contribution in [-0.2, 0) is 0 Å². The predicted molar refractivity (Wildman–Crippen MR) is 90.6 cm³/mol. The van der Waals surface area contributed by atoms with Crippen LogP contribution in [0.15, 0.2) is 6.07 Å². The second kappa shape index (κ2) is 9.59. The SMILES string of the molecule is CCCCC(CC)CNC(=O)c1cc(C)c(C#CCN)s1. The number of amides is 1. The van der Waals surface area contributed by atoms with Gasteiger partial charge in [0.05, 0.1) is 16.3 Å². The summed E-state index contributed by atoms with van der Waals surface area (Å²) in [5.74, 6) is 6.44. The number of carbonyl (C=O) groups is 1. The number of hydrogen-bond acceptors (Lipinski definition) is 3. The van der Waals surface area contributed by atoms with Crippen molar-refractivity contribution in [3.05, 3.63) is 21.4 Å². The van der Waals surface area contributed by atoms with Crippen LogP contribution in [0.2, 0.25) is 0 Å². The van der Waals surface area contributed by atoms with Gasteiger partial charge in [0.25, 0.3) is 5.91 Å². The van der Waals surface area contributed by atoms with Crippen molar-refractivity contribution in [2.75, 3.05) is 13.1 Å². The van der Waals surface area contributed by atoms with E-state index in [2.05, 4.69) is 31.0 Å². The molecule has 3 N–H and O–H groups in total. The van der Waals surface area contributed by atoms with E-state index in [1.165, 1.54) is 30.6 Å². The molecule has 0 aliphatic carbocycles. The highest BCUT2D eigenvalue weighted by Gasteiger charge is 2.13. The summed E-state index contributed by atoms with van der Waals surface area (Å²) in [6, 6.07) is 1.91. The standard InChI is InChI=1S/C17H26N2OS/c1-4-6-8-14(5-2)12-19-17(20)16-11-13(3)15(21-16)9-7-10-18/h11,14H,4-6,8,10,12,18H2,1-3H3,(H,19,20). The molecule has 1 aromatic rings. The van der Waals surface area contributed by atoms with E-state index in [9.17, 15) is 4.79 Å². The third-order valence-electron chi connectivity index (χ3n) is 3.54. The average Bonchev–Trinajstić information content (AvgIpc) is 2.86. The maximum absolute atomic E-state index is 12.2. The van der Waals surface area contributed by atoms with Gasteiger partial charge in [0.1, 0.15) is 0 Å². The van der Waals surface area contributed by atoms with Crippen molar-refractivity contribution in [2.45, 2.75) is 46.5 Å². The lowest BCUT2D eigenvalue weighted by Gasteiger charge is -2.14. The summed E-state index contributed by atoms with van der Waals surface area (Å²) in [7, 11) is 0. The molecule has 116 valence electrons. The van der Waals surface area contributed by atoms with Gasteiger partial charge in [-0.1, -0.05) is 45.0 Å². The first kappa shape index (κ1) is 17.7. The molecule has 0 aromatic carbocycles. The van der Waals surface area contributed by atoms with Gasteiger partial charge >= 0.3 is 0 Å². The van der Waals surface area contributed by atoms with Crippen LogP contribution in [0.3, 0.4) is 0 Å². The van der Waals surface area contributed by atoms with Crippen molar-refractivity contribution < 1.29 is 4.79 Å². The van der Waals surface area contributed by atoms with Crippen molar-refractivity contribution in [1.82, 2.24) is 5.32 Å². The highest BCUT2D eigenvalue weighted by molar-refractivity contribution is 7.14. The van der Waals surface area contributed by atoms with Crippen LogP contribution in [-0.4, -0.2) is 19.0 Å². The van der Waals surface area contributed by atoms with E-state index >= 15 is 0 Å². The van der Waals surface area contributed by atoms with Gasteiger partial charge in [-0.2, -0.15) is 0 Å². The van der Waals surface area contributed by atoms with Crippen LogP contribution in [0.1, 0.15) is 59.6 Å². The lowest BCUT2D eigenvalue weighted by molar-refractivity contribution is 0.0950. The molecule has 21 heavy (non-hydrogen) atoms. The zero-order valence-corrected chi connectivity index (χ0v) is 14.1. The number of carbonyl (C=O) groups excluding carboxylic acids is 1. The van der Waals surface area contributed by atoms with Crippen LogP contribution >= 0.6 is 11.3 Å². The van der Waals surface area contributed by atoms with Crippen molar-refractivity contribution in [3.8, 4) is 11.8 Å². The first-order valence-corrected chi connectivity index (χ1v) is 8.51. The molecule has 0 saturated carbocycles. The van der Waals surface area contributed by atoms with Gasteiger partial charge < -0.3 is 11.1 Å². The van der Waals surface area contributed by atoms with Crippen LogP contribution in [0.4, 0.5) is 0 Å². The lowest BCUT2D eigenvalue weighted by atomic mass is 9.99. The summed E-state index contributed by atoms with van der Waals surface area (Å²) >= 11 is 1.44. The Hall–Kier alpha value is -1.31. The Morgan fingerprint density at radius 2 is 2.24 bits per heavy atom. The van der Waals surface area contributed by atoms with E-state index < -0.39 is 0 Å². The molecule has 0 bridgehead atoms. The Morgan fingerprint density at radius 1 is 1.48 bits per heavy atom. The first-order chi connectivity index (χ1) is 10.1. The third-order valence-corrected chi connectivity index (χ3v) is 4.69. The van der Waals surface area contributed by atoms with Crippen LogP contribution in [0, 0.1) is 24.7 Å². The number of unbranched alkanes of at least 4 members (excludes halogenated alkanes) is 1. The Morgan fingerprint density at radius 3 is 2.86 bits per heavy atom. The topological polar surface area (TPSA) is 55.1 Å². The maximum Gasteiger partial charge on any atom is 0.261 e.